The fourth-order valence-corrected chi connectivity index (χ4v) is 7.04. The van der Waals surface area contributed by atoms with Gasteiger partial charge in [0.1, 0.15) is 23.9 Å². The summed E-state index contributed by atoms with van der Waals surface area (Å²) in [5.41, 5.74) is 2.64. The van der Waals surface area contributed by atoms with Crippen LogP contribution in [-0.4, -0.2) is 50.1 Å². The minimum atomic E-state index is -0.785. The minimum absolute atomic E-state index is 0.0794. The monoisotopic (exact) mass is 590 g/mol. The molecule has 3 N–H and O–H groups in total. The Labute approximate surface area is 253 Å². The molecular formula is C34H30N4O6. The van der Waals surface area contributed by atoms with Gasteiger partial charge in [-0.1, -0.05) is 17.3 Å². The molecule has 0 spiro atoms. The second kappa shape index (κ2) is 10.6. The quantitative estimate of drug-likeness (QED) is 0.193. The van der Waals surface area contributed by atoms with Gasteiger partial charge in [-0.05, 0) is 67.6 Å². The van der Waals surface area contributed by atoms with Crippen LogP contribution in [0.5, 0.6) is 17.2 Å². The molecule has 222 valence electrons. The van der Waals surface area contributed by atoms with E-state index in [1.54, 1.807) is 36.9 Å². The summed E-state index contributed by atoms with van der Waals surface area (Å²) in [5, 5.41) is 31.7. The summed E-state index contributed by atoms with van der Waals surface area (Å²) in [5.74, 6) is -1.55. The maximum atomic E-state index is 13.9. The van der Waals surface area contributed by atoms with Gasteiger partial charge in [-0.25, -0.2) is 0 Å². The average molecular weight is 591 g/mol. The van der Waals surface area contributed by atoms with Crippen LogP contribution in [0.1, 0.15) is 73.5 Å². The minimum Gasteiger partial charge on any atom is -0.507 e. The Kier molecular flexibility index (Phi) is 6.66. The number of benzene rings is 2. The highest BCUT2D eigenvalue weighted by Crippen LogP contribution is 2.52. The second-order valence-corrected chi connectivity index (χ2v) is 11.7. The van der Waals surface area contributed by atoms with E-state index in [0.717, 1.165) is 16.8 Å². The van der Waals surface area contributed by atoms with E-state index >= 15 is 0 Å². The predicted molar refractivity (Wildman–Crippen MR) is 160 cm³/mol. The van der Waals surface area contributed by atoms with E-state index in [1.807, 2.05) is 31.2 Å². The van der Waals surface area contributed by atoms with Crippen molar-refractivity contribution in [2.75, 3.05) is 7.11 Å². The molecule has 0 saturated carbocycles. The largest absolute Gasteiger partial charge is 0.507 e. The molecule has 10 nitrogen and oxygen atoms in total. The van der Waals surface area contributed by atoms with Crippen LogP contribution in [0.25, 0.3) is 0 Å². The zero-order valence-corrected chi connectivity index (χ0v) is 24.2. The van der Waals surface area contributed by atoms with Crippen LogP contribution in [0.3, 0.4) is 0 Å². The number of methoxy groups -OCH3 is 1. The Morgan fingerprint density at radius 3 is 2.32 bits per heavy atom. The highest BCUT2D eigenvalue weighted by molar-refractivity contribution is 6.31. The van der Waals surface area contributed by atoms with Crippen LogP contribution in [0, 0.1) is 5.92 Å². The Morgan fingerprint density at radius 1 is 0.932 bits per heavy atom. The van der Waals surface area contributed by atoms with Gasteiger partial charge in [0.2, 0.25) is 5.78 Å². The number of aromatic nitrogens is 2. The summed E-state index contributed by atoms with van der Waals surface area (Å²) in [6.45, 7) is 2.24. The number of nitrogens with one attached hydrogen (secondary N) is 1. The van der Waals surface area contributed by atoms with Gasteiger partial charge in [-0.15, -0.1) is 0 Å². The molecule has 0 radical (unpaired) electrons. The average Bonchev–Trinajstić information content (AvgIpc) is 3.03. The van der Waals surface area contributed by atoms with Crippen molar-refractivity contribution >= 4 is 17.3 Å². The van der Waals surface area contributed by atoms with E-state index in [0.29, 0.717) is 24.0 Å². The summed E-state index contributed by atoms with van der Waals surface area (Å²) < 4.78 is 5.39. The lowest BCUT2D eigenvalue weighted by Gasteiger charge is -2.49. The van der Waals surface area contributed by atoms with Crippen molar-refractivity contribution in [3.05, 3.63) is 112 Å². The maximum Gasteiger partial charge on any atom is 0.202 e. The smallest absolute Gasteiger partial charge is 0.202 e. The summed E-state index contributed by atoms with van der Waals surface area (Å²) in [6, 6.07) is 11.9. The van der Waals surface area contributed by atoms with Gasteiger partial charge >= 0.3 is 0 Å². The van der Waals surface area contributed by atoms with Crippen molar-refractivity contribution < 1.29 is 29.4 Å². The Balaban J connectivity index is 1.34. The zero-order valence-electron chi connectivity index (χ0n) is 24.2. The highest BCUT2D eigenvalue weighted by Gasteiger charge is 2.51. The molecule has 10 heteroatoms. The van der Waals surface area contributed by atoms with E-state index < -0.39 is 23.1 Å². The highest BCUT2D eigenvalue weighted by atomic mass is 16.6. The first-order valence-corrected chi connectivity index (χ1v) is 14.4. The number of ether oxygens (including phenoxy) is 1. The summed E-state index contributed by atoms with van der Waals surface area (Å²) in [7, 11) is 1.42. The lowest BCUT2D eigenvalue weighted by atomic mass is 9.66. The Morgan fingerprint density at radius 2 is 1.61 bits per heavy atom. The third-order valence-electron chi connectivity index (χ3n) is 8.98. The summed E-state index contributed by atoms with van der Waals surface area (Å²) in [6.07, 6.45) is 8.23. The number of fused-ring (bicyclic) bond motifs is 6. The predicted octanol–water partition coefficient (Wildman–Crippen LogP) is 4.45. The van der Waals surface area contributed by atoms with E-state index in [-0.39, 0.29) is 58.4 Å². The third-order valence-corrected chi connectivity index (χ3v) is 8.98. The van der Waals surface area contributed by atoms with Crippen molar-refractivity contribution in [2.24, 2.45) is 11.1 Å². The van der Waals surface area contributed by atoms with Gasteiger partial charge in [0.05, 0.1) is 35.1 Å². The lowest BCUT2D eigenvalue weighted by Crippen LogP contribution is -2.62. The van der Waals surface area contributed by atoms with Gasteiger partial charge in [-0.3, -0.25) is 24.9 Å². The first kappa shape index (κ1) is 27.7. The van der Waals surface area contributed by atoms with Gasteiger partial charge in [0, 0.05) is 53.4 Å². The molecule has 4 heterocycles. The van der Waals surface area contributed by atoms with Crippen LogP contribution in [0.4, 0.5) is 0 Å². The lowest BCUT2D eigenvalue weighted by molar-refractivity contribution is 0.0970. The van der Waals surface area contributed by atoms with E-state index in [1.165, 1.54) is 13.2 Å². The van der Waals surface area contributed by atoms with Gasteiger partial charge < -0.3 is 19.8 Å². The number of ketones is 2. The van der Waals surface area contributed by atoms with Crippen molar-refractivity contribution in [1.82, 2.24) is 15.3 Å². The third kappa shape index (κ3) is 4.32. The molecule has 0 amide bonds. The standard InChI is InChI=1S/C34H30N4O6/c1-34-16-22-25(31(41)28-27(30(22)40)29(39)21-4-3-5-24(43-2)26(21)32(28)42)23(37-34)15-20(14-18-6-10-35-11-7-18)33(34)38-44-17-19-8-12-36-13-9-19/h3-13,20,23,37,40-41H,14-17H2,1-2H3. The molecule has 3 unspecified atom stereocenters. The zero-order chi connectivity index (χ0) is 30.6. The van der Waals surface area contributed by atoms with Crippen molar-refractivity contribution in [3.63, 3.8) is 0 Å². The van der Waals surface area contributed by atoms with Crippen LogP contribution in [0.15, 0.2) is 72.4 Å². The first-order chi connectivity index (χ1) is 21.3. The van der Waals surface area contributed by atoms with Crippen LogP contribution >= 0.6 is 0 Å². The second-order valence-electron chi connectivity index (χ2n) is 11.7. The number of rotatable bonds is 6. The van der Waals surface area contributed by atoms with Gasteiger partial charge in [-0.2, -0.15) is 0 Å². The molecule has 1 aliphatic carbocycles. The van der Waals surface area contributed by atoms with Crippen molar-refractivity contribution in [1.29, 1.82) is 0 Å². The fraction of sp³-hybridized carbons (Fsp3) is 0.265. The van der Waals surface area contributed by atoms with Crippen molar-refractivity contribution in [2.45, 2.75) is 44.4 Å². The molecule has 2 aromatic heterocycles. The van der Waals surface area contributed by atoms with Gasteiger partial charge in [0.25, 0.3) is 0 Å². The first-order valence-electron chi connectivity index (χ1n) is 14.4. The molecule has 2 aromatic carbocycles. The van der Waals surface area contributed by atoms with Crippen LogP contribution in [-0.2, 0) is 24.3 Å². The molecule has 1 saturated heterocycles. The molecule has 3 atom stereocenters. The van der Waals surface area contributed by atoms with Gasteiger partial charge in [0.15, 0.2) is 5.78 Å². The number of carbonyl (C=O) groups is 2. The molecule has 4 aromatic rings. The van der Waals surface area contributed by atoms with E-state index in [4.69, 9.17) is 9.57 Å². The fourth-order valence-electron chi connectivity index (χ4n) is 7.04. The number of pyridine rings is 2. The molecule has 3 aliphatic rings. The van der Waals surface area contributed by atoms with Crippen LogP contribution in [0.2, 0.25) is 0 Å². The van der Waals surface area contributed by atoms with E-state index in [9.17, 15) is 19.8 Å². The number of oxime groups is 1. The molecule has 2 aliphatic heterocycles. The van der Waals surface area contributed by atoms with E-state index in [2.05, 4.69) is 20.4 Å². The van der Waals surface area contributed by atoms with Crippen LogP contribution < -0.4 is 10.1 Å². The molecule has 44 heavy (non-hydrogen) atoms. The number of phenols is 2. The normalized spacial score (nSPS) is 22.6. The number of hydrogen-bond acceptors (Lipinski definition) is 10. The maximum absolute atomic E-state index is 13.9. The summed E-state index contributed by atoms with van der Waals surface area (Å²) >= 11 is 0. The molecule has 2 bridgehead atoms. The number of carbonyl (C=O) groups excluding carboxylic acids is 2. The SMILES string of the molecule is COc1cccc2c1C(=O)c1c(O)c3c(c(O)c1C2=O)CC1(C)NC3CC(Cc2ccncc2)C1=NOCc1ccncc1. The topological polar surface area (TPSA) is 143 Å². The molecule has 1 fully saturated rings. The summed E-state index contributed by atoms with van der Waals surface area (Å²) in [4.78, 5) is 41.7. The van der Waals surface area contributed by atoms with Crippen molar-refractivity contribution in [3.8, 4) is 17.2 Å². The molecule has 7 rings (SSSR count). The number of hydrogen-bond donors (Lipinski definition) is 3. The Hall–Kier alpha value is -5.09. The molecular weight excluding hydrogens is 560 g/mol. The number of aromatic hydroxyl groups is 2. The number of piperidine rings is 1. The Bertz CT molecular complexity index is 1840. The number of phenolic OH excluding ortho intramolecular Hbond substituents is 2. The number of nitrogens with zero attached hydrogens (tertiary/aromatic N) is 3.